The Hall–Kier alpha value is -2.15. The first kappa shape index (κ1) is 18.2. The summed E-state index contributed by atoms with van der Waals surface area (Å²) in [4.78, 5) is 2.54. The Balaban J connectivity index is 1.14. The molecular weight excluding hydrogens is 330 g/mol. The molecule has 0 amide bonds. The molecule has 0 aromatic heterocycles. The molecule has 140 valence electrons. The lowest BCUT2D eigenvalue weighted by Gasteiger charge is -2.38. The van der Waals surface area contributed by atoms with Gasteiger partial charge >= 0.3 is 0 Å². The molecule has 3 nitrogen and oxygen atoms in total. The van der Waals surface area contributed by atoms with E-state index in [1.165, 1.54) is 43.4 Å². The average molecular weight is 360 g/mol. The Morgan fingerprint density at radius 3 is 2.33 bits per heavy atom. The summed E-state index contributed by atoms with van der Waals surface area (Å²) in [5.41, 5.74) is 3.57. The minimum Gasteiger partial charge on any atom is -0.314 e. The zero-order chi connectivity index (χ0) is 18.5. The zero-order valence-corrected chi connectivity index (χ0v) is 16.0. The molecule has 2 fully saturated rings. The maximum Gasteiger partial charge on any atom is 0.0991 e. The van der Waals surface area contributed by atoms with Gasteiger partial charge in [-0.05, 0) is 80.4 Å². The lowest BCUT2D eigenvalue weighted by atomic mass is 9.71. The molecule has 1 aliphatic heterocycles. The fourth-order valence-corrected chi connectivity index (χ4v) is 4.47. The van der Waals surface area contributed by atoms with Gasteiger partial charge < -0.3 is 5.32 Å². The summed E-state index contributed by atoms with van der Waals surface area (Å²) in [5, 5.41) is 12.7. The Labute approximate surface area is 163 Å². The van der Waals surface area contributed by atoms with E-state index in [0.717, 1.165) is 37.0 Å². The second-order valence-corrected chi connectivity index (χ2v) is 8.21. The van der Waals surface area contributed by atoms with E-state index < -0.39 is 0 Å². The van der Waals surface area contributed by atoms with Gasteiger partial charge in [-0.1, -0.05) is 42.5 Å². The molecule has 0 spiro atoms. The molecule has 1 saturated carbocycles. The summed E-state index contributed by atoms with van der Waals surface area (Å²) >= 11 is 0. The van der Waals surface area contributed by atoms with E-state index in [1.807, 2.05) is 12.1 Å². The van der Waals surface area contributed by atoms with E-state index in [-0.39, 0.29) is 0 Å². The minimum absolute atomic E-state index is 0.679. The van der Waals surface area contributed by atoms with Crippen molar-refractivity contribution < 1.29 is 0 Å². The van der Waals surface area contributed by atoms with E-state index in [2.05, 4.69) is 58.8 Å². The van der Waals surface area contributed by atoms with Crippen LogP contribution >= 0.6 is 0 Å². The molecule has 2 aromatic carbocycles. The first-order valence-corrected chi connectivity index (χ1v) is 10.3. The molecule has 0 atom stereocenters. The number of hydrogen-bond acceptors (Lipinski definition) is 3. The number of hydrogen-bond donors (Lipinski definition) is 1. The fraction of sp³-hybridized carbons (Fsp3) is 0.458. The summed E-state index contributed by atoms with van der Waals surface area (Å²) < 4.78 is 0. The molecule has 1 N–H and O–H groups in total. The SMILES string of the molecule is N#Cc1ccc(CN2CCC(NCC3CC(c4ccccc4)C3)CC2)cc1. The predicted octanol–water partition coefficient (Wildman–Crippen LogP) is 4.31. The van der Waals surface area contributed by atoms with Crippen LogP contribution in [0.1, 0.15) is 48.3 Å². The molecule has 3 heteroatoms. The van der Waals surface area contributed by atoms with E-state index in [4.69, 9.17) is 5.26 Å². The first-order valence-electron chi connectivity index (χ1n) is 10.3. The van der Waals surface area contributed by atoms with Gasteiger partial charge in [0.05, 0.1) is 11.6 Å². The van der Waals surface area contributed by atoms with Crippen molar-refractivity contribution in [2.24, 2.45) is 5.92 Å². The van der Waals surface area contributed by atoms with Crippen LogP contribution in [0.25, 0.3) is 0 Å². The highest BCUT2D eigenvalue weighted by molar-refractivity contribution is 5.31. The molecule has 27 heavy (non-hydrogen) atoms. The van der Waals surface area contributed by atoms with Crippen molar-refractivity contribution in [3.63, 3.8) is 0 Å². The zero-order valence-electron chi connectivity index (χ0n) is 16.0. The van der Waals surface area contributed by atoms with Crippen molar-refractivity contribution >= 4 is 0 Å². The largest absolute Gasteiger partial charge is 0.314 e. The van der Waals surface area contributed by atoms with Crippen LogP contribution in [-0.2, 0) is 6.54 Å². The van der Waals surface area contributed by atoms with Crippen molar-refractivity contribution in [3.05, 3.63) is 71.3 Å². The lowest BCUT2D eigenvalue weighted by molar-refractivity contribution is 0.176. The first-order chi connectivity index (χ1) is 13.3. The van der Waals surface area contributed by atoms with Crippen LogP contribution in [0.3, 0.4) is 0 Å². The third-order valence-electron chi connectivity index (χ3n) is 6.28. The average Bonchev–Trinajstić information content (AvgIpc) is 2.69. The van der Waals surface area contributed by atoms with E-state index >= 15 is 0 Å². The van der Waals surface area contributed by atoms with Crippen LogP contribution in [0.4, 0.5) is 0 Å². The van der Waals surface area contributed by atoms with Crippen molar-refractivity contribution in [2.45, 2.75) is 44.2 Å². The van der Waals surface area contributed by atoms with Crippen LogP contribution in [0.2, 0.25) is 0 Å². The van der Waals surface area contributed by atoms with Crippen LogP contribution in [0.15, 0.2) is 54.6 Å². The summed E-state index contributed by atoms with van der Waals surface area (Å²) in [5.74, 6) is 1.64. The maximum atomic E-state index is 8.90. The molecule has 1 saturated heterocycles. The molecule has 1 aliphatic carbocycles. The van der Waals surface area contributed by atoms with Crippen LogP contribution < -0.4 is 5.32 Å². The van der Waals surface area contributed by atoms with Gasteiger partial charge in [-0.3, -0.25) is 4.90 Å². The second kappa shape index (κ2) is 8.69. The quantitative estimate of drug-likeness (QED) is 0.835. The molecule has 2 aromatic rings. The Bertz CT molecular complexity index is 748. The number of nitrogens with zero attached hydrogens (tertiary/aromatic N) is 2. The van der Waals surface area contributed by atoms with Crippen LogP contribution in [0, 0.1) is 17.2 Å². The van der Waals surface area contributed by atoms with Gasteiger partial charge in [-0.25, -0.2) is 0 Å². The standard InChI is InChI=1S/C24H29N3/c25-16-19-6-8-20(9-7-19)18-27-12-10-24(11-13-27)26-17-21-14-23(15-21)22-4-2-1-3-5-22/h1-9,21,23-24,26H,10-15,17-18H2. The minimum atomic E-state index is 0.679. The van der Waals surface area contributed by atoms with Crippen molar-refractivity contribution in [1.29, 1.82) is 5.26 Å². The molecule has 0 unspecified atom stereocenters. The van der Waals surface area contributed by atoms with Crippen molar-refractivity contribution in [1.82, 2.24) is 10.2 Å². The highest BCUT2D eigenvalue weighted by Crippen LogP contribution is 2.41. The Kier molecular flexibility index (Phi) is 5.87. The highest BCUT2D eigenvalue weighted by Gasteiger charge is 2.30. The molecular formula is C24H29N3. The van der Waals surface area contributed by atoms with Gasteiger partial charge in [0.15, 0.2) is 0 Å². The van der Waals surface area contributed by atoms with Crippen LogP contribution in [0.5, 0.6) is 0 Å². The summed E-state index contributed by atoms with van der Waals surface area (Å²) in [6.45, 7) is 4.51. The molecule has 0 radical (unpaired) electrons. The molecule has 4 rings (SSSR count). The molecule has 0 bridgehead atoms. The smallest absolute Gasteiger partial charge is 0.0991 e. The van der Waals surface area contributed by atoms with Crippen molar-refractivity contribution in [2.75, 3.05) is 19.6 Å². The summed E-state index contributed by atoms with van der Waals surface area (Å²) in [6, 6.07) is 21.9. The predicted molar refractivity (Wildman–Crippen MR) is 109 cm³/mol. The number of nitriles is 1. The van der Waals surface area contributed by atoms with E-state index in [9.17, 15) is 0 Å². The van der Waals surface area contributed by atoms with E-state index in [0.29, 0.717) is 6.04 Å². The van der Waals surface area contributed by atoms with Crippen molar-refractivity contribution in [3.8, 4) is 6.07 Å². The topological polar surface area (TPSA) is 39.1 Å². The monoisotopic (exact) mass is 359 g/mol. The lowest BCUT2D eigenvalue weighted by Crippen LogP contribution is -2.44. The van der Waals surface area contributed by atoms with E-state index in [1.54, 1.807) is 0 Å². The maximum absolute atomic E-state index is 8.90. The van der Waals surface area contributed by atoms with Gasteiger partial charge in [-0.2, -0.15) is 5.26 Å². The molecule has 1 heterocycles. The van der Waals surface area contributed by atoms with Gasteiger partial charge in [-0.15, -0.1) is 0 Å². The number of nitrogens with one attached hydrogen (secondary N) is 1. The number of rotatable bonds is 6. The Morgan fingerprint density at radius 1 is 0.963 bits per heavy atom. The highest BCUT2D eigenvalue weighted by atomic mass is 15.1. The normalized spacial score (nSPS) is 23.5. The summed E-state index contributed by atoms with van der Waals surface area (Å²) in [7, 11) is 0. The van der Waals surface area contributed by atoms with Gasteiger partial charge in [0.2, 0.25) is 0 Å². The Morgan fingerprint density at radius 2 is 1.67 bits per heavy atom. The summed E-state index contributed by atoms with van der Waals surface area (Å²) in [6.07, 6.45) is 5.17. The number of benzene rings is 2. The van der Waals surface area contributed by atoms with Gasteiger partial charge in [0, 0.05) is 12.6 Å². The van der Waals surface area contributed by atoms with Gasteiger partial charge in [0.1, 0.15) is 0 Å². The number of piperidine rings is 1. The third-order valence-corrected chi connectivity index (χ3v) is 6.28. The second-order valence-electron chi connectivity index (χ2n) is 8.21. The molecule has 2 aliphatic rings. The van der Waals surface area contributed by atoms with Crippen LogP contribution in [-0.4, -0.2) is 30.6 Å². The van der Waals surface area contributed by atoms with Gasteiger partial charge in [0.25, 0.3) is 0 Å². The third kappa shape index (κ3) is 4.77. The fourth-order valence-electron chi connectivity index (χ4n) is 4.47. The number of likely N-dealkylation sites (tertiary alicyclic amines) is 1.